The zero-order valence-electron chi connectivity index (χ0n) is 14.4. The molecule has 0 unspecified atom stereocenters. The molecular formula is C18H16F3N5. The van der Waals surface area contributed by atoms with Crippen LogP contribution < -0.4 is 5.73 Å². The fourth-order valence-electron chi connectivity index (χ4n) is 2.71. The van der Waals surface area contributed by atoms with Gasteiger partial charge in [0.2, 0.25) is 0 Å². The van der Waals surface area contributed by atoms with Gasteiger partial charge >= 0.3 is 6.18 Å². The van der Waals surface area contributed by atoms with Gasteiger partial charge in [0.25, 0.3) is 0 Å². The van der Waals surface area contributed by atoms with Crippen LogP contribution in [0.4, 0.5) is 13.2 Å². The van der Waals surface area contributed by atoms with Gasteiger partial charge in [-0.15, -0.1) is 0 Å². The molecule has 0 aliphatic rings. The van der Waals surface area contributed by atoms with Crippen LogP contribution in [0, 0.1) is 29.6 Å². The summed E-state index contributed by atoms with van der Waals surface area (Å²) in [4.78, 5) is 0. The molecule has 1 aromatic carbocycles. The maximum atomic E-state index is 13.2. The van der Waals surface area contributed by atoms with E-state index in [9.17, 15) is 23.7 Å². The average Bonchev–Trinajstić information content (AvgIpc) is 2.94. The Balaban J connectivity index is 2.85. The zero-order chi connectivity index (χ0) is 19.6. The fraction of sp³-hybridized carbons (Fsp3) is 0.278. The van der Waals surface area contributed by atoms with E-state index >= 15 is 0 Å². The number of allylic oxidation sites excluding steroid dienone is 4. The largest absolute Gasteiger partial charge is 0.413 e. The number of nitrogens with two attached hydrogens (primary N) is 1. The number of alkyl halides is 3. The van der Waals surface area contributed by atoms with Crippen molar-refractivity contribution >= 4 is 10.9 Å². The lowest BCUT2D eigenvalue weighted by Gasteiger charge is -2.20. The van der Waals surface area contributed by atoms with E-state index in [0.29, 0.717) is 16.5 Å². The highest BCUT2D eigenvalue weighted by atomic mass is 19.4. The number of nitriles is 2. The zero-order valence-corrected chi connectivity index (χ0v) is 14.4. The van der Waals surface area contributed by atoms with E-state index in [1.54, 1.807) is 31.2 Å². The summed E-state index contributed by atoms with van der Waals surface area (Å²) in [5, 5.41) is 26.5. The number of aryl methyl sites for hydroxylation is 1. The number of fused-ring (bicyclic) bond motifs is 1. The van der Waals surface area contributed by atoms with Gasteiger partial charge in [-0.05, 0) is 38.5 Å². The Bertz CT molecular complexity index is 992. The highest BCUT2D eigenvalue weighted by Crippen LogP contribution is 2.39. The predicted molar refractivity (Wildman–Crippen MR) is 90.4 cm³/mol. The number of aromatic amines is 1. The number of rotatable bonds is 3. The van der Waals surface area contributed by atoms with Gasteiger partial charge in [-0.1, -0.05) is 6.07 Å². The Morgan fingerprint density at radius 1 is 1.19 bits per heavy atom. The third kappa shape index (κ3) is 3.40. The van der Waals surface area contributed by atoms with Crippen molar-refractivity contribution in [1.29, 1.82) is 10.5 Å². The first-order valence-electron chi connectivity index (χ1n) is 7.60. The molecule has 0 saturated heterocycles. The van der Waals surface area contributed by atoms with Crippen LogP contribution in [-0.2, 0) is 0 Å². The topological polar surface area (TPSA) is 102 Å². The molecule has 0 amide bonds. The molecule has 0 spiro atoms. The Hall–Kier alpha value is -3.26. The summed E-state index contributed by atoms with van der Waals surface area (Å²) in [5.74, 6) is -1.21. The van der Waals surface area contributed by atoms with Gasteiger partial charge in [0.05, 0.1) is 34.7 Å². The second kappa shape index (κ2) is 6.93. The number of hydrogen-bond acceptors (Lipinski definition) is 4. The SMILES string of the molecule is C/C(=C(/C#N)[C@@H](/C(C#N)=C(/C)N)c1ccc2n[nH]c(C)c2c1)C(F)(F)F. The van der Waals surface area contributed by atoms with Crippen molar-refractivity contribution < 1.29 is 13.2 Å². The summed E-state index contributed by atoms with van der Waals surface area (Å²) < 4.78 is 39.7. The number of H-pyrrole nitrogens is 1. The van der Waals surface area contributed by atoms with Crippen LogP contribution >= 0.6 is 0 Å². The molecule has 8 heteroatoms. The summed E-state index contributed by atoms with van der Waals surface area (Å²) in [6.45, 7) is 4.02. The molecule has 134 valence electrons. The second-order valence-corrected chi connectivity index (χ2v) is 5.91. The minimum absolute atomic E-state index is 0.0595. The standard InChI is InChI=1S/C18H16F3N5/c1-9(18(19,20)21)14(7-22)17(15(8-23)10(2)24)12-4-5-16-13(6-12)11(3)25-26-16/h4-6,17H,24H2,1-3H3,(H,25,26)/b14-9+,15-10-/t17-/m0/s1. The Labute approximate surface area is 148 Å². The molecule has 1 aromatic heterocycles. The van der Waals surface area contributed by atoms with Crippen molar-refractivity contribution in [2.24, 2.45) is 5.73 Å². The number of hydrogen-bond donors (Lipinski definition) is 2. The highest BCUT2D eigenvalue weighted by molar-refractivity contribution is 5.82. The van der Waals surface area contributed by atoms with Gasteiger partial charge < -0.3 is 5.73 Å². The molecule has 2 aromatic rings. The molecule has 0 bridgehead atoms. The summed E-state index contributed by atoms with van der Waals surface area (Å²) in [7, 11) is 0. The minimum atomic E-state index is -4.69. The molecule has 0 saturated carbocycles. The van der Waals surface area contributed by atoms with Crippen molar-refractivity contribution in [3.63, 3.8) is 0 Å². The molecule has 0 aliphatic carbocycles. The maximum absolute atomic E-state index is 13.2. The lowest BCUT2D eigenvalue weighted by atomic mass is 9.82. The van der Waals surface area contributed by atoms with Crippen LogP contribution in [0.25, 0.3) is 10.9 Å². The quantitative estimate of drug-likeness (QED) is 0.805. The van der Waals surface area contributed by atoms with Crippen molar-refractivity contribution in [3.8, 4) is 12.1 Å². The Morgan fingerprint density at radius 2 is 1.81 bits per heavy atom. The highest BCUT2D eigenvalue weighted by Gasteiger charge is 2.37. The summed E-state index contributed by atoms with van der Waals surface area (Å²) >= 11 is 0. The molecule has 1 heterocycles. The minimum Gasteiger partial charge on any atom is -0.401 e. The summed E-state index contributed by atoms with van der Waals surface area (Å²) in [6, 6.07) is 8.28. The van der Waals surface area contributed by atoms with Gasteiger partial charge in [0.1, 0.15) is 0 Å². The molecular weight excluding hydrogens is 343 g/mol. The van der Waals surface area contributed by atoms with Crippen LogP contribution in [0.1, 0.15) is 31.0 Å². The van der Waals surface area contributed by atoms with E-state index in [0.717, 1.165) is 12.6 Å². The smallest absolute Gasteiger partial charge is 0.401 e. The Morgan fingerprint density at radius 3 is 2.31 bits per heavy atom. The average molecular weight is 359 g/mol. The van der Waals surface area contributed by atoms with Crippen LogP contribution in [0.15, 0.2) is 40.6 Å². The Kier molecular flexibility index (Phi) is 5.08. The van der Waals surface area contributed by atoms with E-state index in [1.165, 1.54) is 6.92 Å². The number of aromatic nitrogens is 2. The van der Waals surface area contributed by atoms with Crippen molar-refractivity contribution in [3.05, 3.63) is 51.9 Å². The van der Waals surface area contributed by atoms with E-state index in [4.69, 9.17) is 5.73 Å². The number of nitrogens with zero attached hydrogens (tertiary/aromatic N) is 3. The van der Waals surface area contributed by atoms with E-state index in [-0.39, 0.29) is 11.3 Å². The molecule has 5 nitrogen and oxygen atoms in total. The fourth-order valence-corrected chi connectivity index (χ4v) is 2.71. The summed E-state index contributed by atoms with van der Waals surface area (Å²) in [6.07, 6.45) is -4.69. The first-order valence-corrected chi connectivity index (χ1v) is 7.60. The van der Waals surface area contributed by atoms with Crippen LogP contribution in [0.5, 0.6) is 0 Å². The molecule has 0 radical (unpaired) electrons. The molecule has 0 fully saturated rings. The molecule has 2 rings (SSSR count). The monoisotopic (exact) mass is 359 g/mol. The first-order chi connectivity index (χ1) is 12.1. The molecule has 1 atom stereocenters. The first kappa shape index (κ1) is 19.1. The van der Waals surface area contributed by atoms with Crippen LogP contribution in [0.3, 0.4) is 0 Å². The lowest BCUT2D eigenvalue weighted by Crippen LogP contribution is -2.17. The third-order valence-electron chi connectivity index (χ3n) is 4.17. The number of halogens is 3. The van der Waals surface area contributed by atoms with Crippen molar-refractivity contribution in [2.75, 3.05) is 0 Å². The molecule has 0 aliphatic heterocycles. The van der Waals surface area contributed by atoms with E-state index in [2.05, 4.69) is 10.2 Å². The van der Waals surface area contributed by atoms with Crippen molar-refractivity contribution in [1.82, 2.24) is 10.2 Å². The van der Waals surface area contributed by atoms with Gasteiger partial charge in [0, 0.05) is 22.4 Å². The van der Waals surface area contributed by atoms with Gasteiger partial charge in [0.15, 0.2) is 0 Å². The summed E-state index contributed by atoms with van der Waals surface area (Å²) in [5.41, 5.74) is 5.81. The third-order valence-corrected chi connectivity index (χ3v) is 4.17. The van der Waals surface area contributed by atoms with Gasteiger partial charge in [-0.25, -0.2) is 0 Å². The van der Waals surface area contributed by atoms with Crippen LogP contribution in [-0.4, -0.2) is 16.4 Å². The lowest BCUT2D eigenvalue weighted by molar-refractivity contribution is -0.0921. The van der Waals surface area contributed by atoms with E-state index in [1.807, 2.05) is 6.07 Å². The van der Waals surface area contributed by atoms with E-state index < -0.39 is 23.2 Å². The number of benzene rings is 1. The normalized spacial score (nSPS) is 14.9. The van der Waals surface area contributed by atoms with Crippen LogP contribution in [0.2, 0.25) is 0 Å². The maximum Gasteiger partial charge on any atom is 0.413 e. The van der Waals surface area contributed by atoms with Gasteiger partial charge in [-0.2, -0.15) is 28.8 Å². The predicted octanol–water partition coefficient (Wildman–Crippen LogP) is 4.11. The second-order valence-electron chi connectivity index (χ2n) is 5.91. The molecule has 3 N–H and O–H groups in total. The van der Waals surface area contributed by atoms with Crippen molar-refractivity contribution in [2.45, 2.75) is 32.9 Å². The van der Waals surface area contributed by atoms with Gasteiger partial charge in [-0.3, -0.25) is 5.10 Å². The molecule has 26 heavy (non-hydrogen) atoms. The number of nitrogens with one attached hydrogen (secondary N) is 1.